The van der Waals surface area contributed by atoms with E-state index in [9.17, 15) is 13.2 Å². The fraction of sp³-hybridized carbons (Fsp3) is 0.350. The number of carbonyl (C=O) groups excluding carboxylic acids is 1. The lowest BCUT2D eigenvalue weighted by atomic mass is 10.1. The van der Waals surface area contributed by atoms with E-state index < -0.39 is 10.0 Å². The molecule has 0 aliphatic heterocycles. The van der Waals surface area contributed by atoms with Crippen LogP contribution in [0.1, 0.15) is 11.1 Å². The molecule has 0 saturated carbocycles. The Hall–Kier alpha value is -2.54. The molecule has 0 fully saturated rings. The van der Waals surface area contributed by atoms with Gasteiger partial charge in [-0.3, -0.25) is 9.10 Å². The fourth-order valence-electron chi connectivity index (χ4n) is 2.77. The van der Waals surface area contributed by atoms with E-state index in [1.165, 1.54) is 10.6 Å². The Morgan fingerprint density at radius 2 is 1.67 bits per heavy atom. The molecule has 0 bridgehead atoms. The van der Waals surface area contributed by atoms with Crippen molar-refractivity contribution in [2.24, 2.45) is 0 Å². The van der Waals surface area contributed by atoms with Gasteiger partial charge in [-0.2, -0.15) is 0 Å². The maximum Gasteiger partial charge on any atom is 0.232 e. The van der Waals surface area contributed by atoms with Crippen molar-refractivity contribution in [3.8, 4) is 0 Å². The summed E-state index contributed by atoms with van der Waals surface area (Å²) in [6.07, 6.45) is 1.44. The summed E-state index contributed by atoms with van der Waals surface area (Å²) in [6, 6.07) is 15.0. The summed E-state index contributed by atoms with van der Waals surface area (Å²) in [5.41, 5.74) is 3.60. The van der Waals surface area contributed by atoms with E-state index in [0.717, 1.165) is 16.8 Å². The van der Waals surface area contributed by atoms with E-state index >= 15 is 0 Å². The minimum absolute atomic E-state index is 0.128. The highest BCUT2D eigenvalue weighted by atomic mass is 32.2. The van der Waals surface area contributed by atoms with Crippen LogP contribution in [0.25, 0.3) is 0 Å². The Bertz CT molecular complexity index is 878. The predicted octanol–water partition coefficient (Wildman–Crippen LogP) is 2.19. The first kappa shape index (κ1) is 20.8. The monoisotopic (exact) mass is 389 g/mol. The van der Waals surface area contributed by atoms with Crippen LogP contribution in [0.5, 0.6) is 0 Å². The molecule has 7 heteroatoms. The number of aryl methyl sites for hydroxylation is 1. The number of nitrogens with one attached hydrogen (secondary N) is 1. The van der Waals surface area contributed by atoms with Gasteiger partial charge in [0.25, 0.3) is 0 Å². The average molecular weight is 390 g/mol. The van der Waals surface area contributed by atoms with Crippen LogP contribution in [-0.2, 0) is 21.2 Å². The Morgan fingerprint density at radius 1 is 1.04 bits per heavy atom. The largest absolute Gasteiger partial charge is 0.378 e. The topological polar surface area (TPSA) is 69.7 Å². The zero-order valence-corrected chi connectivity index (χ0v) is 17.1. The number of hydrogen-bond donors (Lipinski definition) is 1. The van der Waals surface area contributed by atoms with E-state index in [1.54, 1.807) is 12.1 Å². The third kappa shape index (κ3) is 6.29. The highest BCUT2D eigenvalue weighted by Crippen LogP contribution is 2.21. The number of anilines is 2. The molecule has 0 aliphatic rings. The molecule has 0 aromatic heterocycles. The highest BCUT2D eigenvalue weighted by Gasteiger charge is 2.17. The van der Waals surface area contributed by atoms with Gasteiger partial charge in [0.1, 0.15) is 0 Å². The Morgan fingerprint density at radius 3 is 2.22 bits per heavy atom. The molecule has 0 aliphatic carbocycles. The Kier molecular flexibility index (Phi) is 6.85. The van der Waals surface area contributed by atoms with Crippen LogP contribution in [0.2, 0.25) is 0 Å². The first-order valence-corrected chi connectivity index (χ1v) is 10.6. The standard InChI is InChI=1S/C20H27N3O3S/c1-16-6-5-7-17(14-16)15-20(24)21-12-13-23(27(4,25)26)19-10-8-18(9-11-19)22(2)3/h5-11,14H,12-13,15H2,1-4H3,(H,21,24). The molecule has 1 amide bonds. The van der Waals surface area contributed by atoms with Gasteiger partial charge in [0.2, 0.25) is 15.9 Å². The van der Waals surface area contributed by atoms with Gasteiger partial charge in [-0.1, -0.05) is 29.8 Å². The van der Waals surface area contributed by atoms with Gasteiger partial charge in [0, 0.05) is 26.3 Å². The fourth-order valence-corrected chi connectivity index (χ4v) is 3.70. The maximum atomic E-state index is 12.2. The summed E-state index contributed by atoms with van der Waals surface area (Å²) < 4.78 is 25.6. The first-order chi connectivity index (χ1) is 12.7. The number of sulfonamides is 1. The number of benzene rings is 2. The maximum absolute atomic E-state index is 12.2. The molecule has 1 N–H and O–H groups in total. The SMILES string of the molecule is Cc1cccc(CC(=O)NCCN(c2ccc(N(C)C)cc2)S(C)(=O)=O)c1. The van der Waals surface area contributed by atoms with Crippen molar-refractivity contribution in [3.05, 3.63) is 59.7 Å². The molecule has 2 rings (SSSR count). The van der Waals surface area contributed by atoms with Gasteiger partial charge in [-0.25, -0.2) is 8.42 Å². The van der Waals surface area contributed by atoms with Crippen molar-refractivity contribution >= 4 is 27.3 Å². The van der Waals surface area contributed by atoms with Crippen molar-refractivity contribution in [2.75, 3.05) is 42.6 Å². The second kappa shape index (κ2) is 8.90. The minimum atomic E-state index is -3.45. The molecule has 2 aromatic carbocycles. The Labute approximate surface area is 161 Å². The number of nitrogens with zero attached hydrogens (tertiary/aromatic N) is 2. The molecule has 0 heterocycles. The van der Waals surface area contributed by atoms with Crippen LogP contribution in [0, 0.1) is 6.92 Å². The molecular weight excluding hydrogens is 362 g/mol. The third-order valence-electron chi connectivity index (χ3n) is 4.14. The lowest BCUT2D eigenvalue weighted by molar-refractivity contribution is -0.120. The smallest absolute Gasteiger partial charge is 0.232 e. The number of carbonyl (C=O) groups is 1. The average Bonchev–Trinajstić information content (AvgIpc) is 2.58. The summed E-state index contributed by atoms with van der Waals surface area (Å²) in [5.74, 6) is -0.128. The van der Waals surface area contributed by atoms with Gasteiger partial charge < -0.3 is 10.2 Å². The van der Waals surface area contributed by atoms with E-state index in [4.69, 9.17) is 0 Å². The molecule has 2 aromatic rings. The van der Waals surface area contributed by atoms with Crippen LogP contribution in [0.3, 0.4) is 0 Å². The zero-order chi connectivity index (χ0) is 20.0. The highest BCUT2D eigenvalue weighted by molar-refractivity contribution is 7.92. The number of hydrogen-bond acceptors (Lipinski definition) is 4. The van der Waals surface area contributed by atoms with Crippen molar-refractivity contribution in [1.82, 2.24) is 5.32 Å². The van der Waals surface area contributed by atoms with Crippen molar-refractivity contribution in [3.63, 3.8) is 0 Å². The molecule has 0 unspecified atom stereocenters. The third-order valence-corrected chi connectivity index (χ3v) is 5.33. The Balaban J connectivity index is 1.98. The molecule has 146 valence electrons. The molecule has 0 saturated heterocycles. The molecule has 0 radical (unpaired) electrons. The van der Waals surface area contributed by atoms with Crippen LogP contribution < -0.4 is 14.5 Å². The van der Waals surface area contributed by atoms with Gasteiger partial charge in [0.05, 0.1) is 24.9 Å². The van der Waals surface area contributed by atoms with Crippen LogP contribution in [-0.4, -0.2) is 47.8 Å². The quantitative estimate of drug-likeness (QED) is 0.751. The second-order valence-electron chi connectivity index (χ2n) is 6.76. The normalized spacial score (nSPS) is 11.1. The summed E-state index contributed by atoms with van der Waals surface area (Å²) in [6.45, 7) is 2.40. The summed E-state index contributed by atoms with van der Waals surface area (Å²) in [5, 5.41) is 2.80. The lowest BCUT2D eigenvalue weighted by Gasteiger charge is -2.23. The van der Waals surface area contributed by atoms with Crippen molar-refractivity contribution in [2.45, 2.75) is 13.3 Å². The molecule has 0 atom stereocenters. The van der Waals surface area contributed by atoms with Gasteiger partial charge in [-0.15, -0.1) is 0 Å². The van der Waals surface area contributed by atoms with Crippen LogP contribution in [0.15, 0.2) is 48.5 Å². The molecule has 0 spiro atoms. The van der Waals surface area contributed by atoms with E-state index in [1.807, 2.05) is 62.3 Å². The molecule has 6 nitrogen and oxygen atoms in total. The van der Waals surface area contributed by atoms with Crippen LogP contribution >= 0.6 is 0 Å². The van der Waals surface area contributed by atoms with E-state index in [2.05, 4.69) is 5.32 Å². The number of rotatable bonds is 8. The van der Waals surface area contributed by atoms with Crippen molar-refractivity contribution in [1.29, 1.82) is 0 Å². The number of amides is 1. The lowest BCUT2D eigenvalue weighted by Crippen LogP contribution is -2.38. The summed E-state index contributed by atoms with van der Waals surface area (Å²) in [7, 11) is 0.402. The second-order valence-corrected chi connectivity index (χ2v) is 8.67. The van der Waals surface area contributed by atoms with Gasteiger partial charge in [-0.05, 0) is 36.8 Å². The van der Waals surface area contributed by atoms with Crippen LogP contribution in [0.4, 0.5) is 11.4 Å². The summed E-state index contributed by atoms with van der Waals surface area (Å²) >= 11 is 0. The van der Waals surface area contributed by atoms with Gasteiger partial charge >= 0.3 is 0 Å². The van der Waals surface area contributed by atoms with E-state index in [-0.39, 0.29) is 25.4 Å². The van der Waals surface area contributed by atoms with Gasteiger partial charge in [0.15, 0.2) is 0 Å². The first-order valence-electron chi connectivity index (χ1n) is 8.74. The zero-order valence-electron chi connectivity index (χ0n) is 16.3. The van der Waals surface area contributed by atoms with Crippen molar-refractivity contribution < 1.29 is 13.2 Å². The minimum Gasteiger partial charge on any atom is -0.378 e. The summed E-state index contributed by atoms with van der Waals surface area (Å²) in [4.78, 5) is 14.1. The van der Waals surface area contributed by atoms with E-state index in [0.29, 0.717) is 5.69 Å². The molecular formula is C20H27N3O3S. The molecule has 27 heavy (non-hydrogen) atoms. The predicted molar refractivity (Wildman–Crippen MR) is 111 cm³/mol.